The van der Waals surface area contributed by atoms with E-state index in [1.54, 1.807) is 6.07 Å². The van der Waals surface area contributed by atoms with E-state index < -0.39 is 10.0 Å². The summed E-state index contributed by atoms with van der Waals surface area (Å²) in [5, 5.41) is 0.466. The zero-order valence-electron chi connectivity index (χ0n) is 19.9. The maximum absolute atomic E-state index is 13.1. The lowest BCUT2D eigenvalue weighted by Gasteiger charge is -2.40. The van der Waals surface area contributed by atoms with Gasteiger partial charge in [-0.05, 0) is 48.0 Å². The molecule has 9 heteroatoms. The molecule has 3 aromatic rings. The number of nitrogens with zero attached hydrogens (tertiary/aromatic N) is 3. The van der Waals surface area contributed by atoms with Crippen molar-refractivity contribution in [1.82, 2.24) is 9.62 Å². The zero-order chi connectivity index (χ0) is 25.0. The Morgan fingerprint density at radius 3 is 2.20 bits per heavy atom. The Morgan fingerprint density at radius 2 is 1.57 bits per heavy atom. The molecule has 0 saturated carbocycles. The molecule has 1 fully saturated rings. The van der Waals surface area contributed by atoms with Gasteiger partial charge in [-0.2, -0.15) is 0 Å². The van der Waals surface area contributed by atoms with E-state index in [1.807, 2.05) is 37.2 Å². The molecule has 1 aliphatic heterocycles. The number of para-hydroxylation sites is 1. The highest BCUT2D eigenvalue weighted by molar-refractivity contribution is 7.89. The minimum Gasteiger partial charge on any atom is -0.378 e. The molecule has 0 bridgehead atoms. The monoisotopic (exact) mass is 532 g/mol. The number of halogens is 2. The SMILES string of the molecule is CN(C)c1ccc(C(CNS(=O)(=O)c2cc(Cl)ccc2Cl)N2CCN(c3ccccc3)CC2)cc1. The average Bonchev–Trinajstić information content (AvgIpc) is 2.86. The summed E-state index contributed by atoms with van der Waals surface area (Å²) in [4.78, 5) is 6.73. The number of rotatable bonds is 8. The van der Waals surface area contributed by atoms with Crippen molar-refractivity contribution < 1.29 is 8.42 Å². The lowest BCUT2D eigenvalue weighted by Crippen LogP contribution is -2.49. The third kappa shape index (κ3) is 6.29. The second-order valence-corrected chi connectivity index (χ2v) is 11.4. The van der Waals surface area contributed by atoms with Gasteiger partial charge in [0.15, 0.2) is 0 Å². The van der Waals surface area contributed by atoms with E-state index >= 15 is 0 Å². The van der Waals surface area contributed by atoms with Crippen molar-refractivity contribution in [2.24, 2.45) is 0 Å². The van der Waals surface area contributed by atoms with E-state index in [2.05, 4.69) is 50.9 Å². The van der Waals surface area contributed by atoms with Gasteiger partial charge in [0, 0.05) is 69.3 Å². The van der Waals surface area contributed by atoms with Gasteiger partial charge < -0.3 is 9.80 Å². The summed E-state index contributed by atoms with van der Waals surface area (Å²) in [6.07, 6.45) is 0. The molecule has 6 nitrogen and oxygen atoms in total. The van der Waals surface area contributed by atoms with Crippen LogP contribution >= 0.6 is 23.2 Å². The number of hydrogen-bond donors (Lipinski definition) is 1. The molecule has 0 spiro atoms. The van der Waals surface area contributed by atoms with Gasteiger partial charge in [-0.25, -0.2) is 13.1 Å². The molecule has 186 valence electrons. The van der Waals surface area contributed by atoms with Gasteiger partial charge in [-0.3, -0.25) is 4.90 Å². The summed E-state index contributed by atoms with van der Waals surface area (Å²) >= 11 is 12.2. The Morgan fingerprint density at radius 1 is 0.914 bits per heavy atom. The minimum atomic E-state index is -3.84. The maximum atomic E-state index is 13.1. The van der Waals surface area contributed by atoms with Gasteiger partial charge in [0.2, 0.25) is 10.0 Å². The first-order chi connectivity index (χ1) is 16.7. The van der Waals surface area contributed by atoms with Crippen LogP contribution in [0.1, 0.15) is 11.6 Å². The lowest BCUT2D eigenvalue weighted by atomic mass is 10.0. The summed E-state index contributed by atoms with van der Waals surface area (Å²) in [5.41, 5.74) is 3.35. The predicted octanol–water partition coefficient (Wildman–Crippen LogP) is 4.90. The first-order valence-electron chi connectivity index (χ1n) is 11.5. The minimum absolute atomic E-state index is 0.0118. The fraction of sp³-hybridized carbons (Fsp3) is 0.308. The Bertz CT molecular complexity index is 1230. The Balaban J connectivity index is 1.54. The zero-order valence-corrected chi connectivity index (χ0v) is 22.2. The molecule has 0 aliphatic carbocycles. The van der Waals surface area contributed by atoms with E-state index in [1.165, 1.54) is 17.8 Å². The van der Waals surface area contributed by atoms with Crippen molar-refractivity contribution in [1.29, 1.82) is 0 Å². The number of benzene rings is 3. The van der Waals surface area contributed by atoms with Crippen molar-refractivity contribution in [3.05, 3.63) is 88.4 Å². The standard InChI is InChI=1S/C26H30Cl2N4O2S/c1-30(2)22-11-8-20(9-12-22)25(19-29-35(33,34)26-18-21(27)10-13-24(26)28)32-16-14-31(15-17-32)23-6-4-3-5-7-23/h3-13,18,25,29H,14-17,19H2,1-2H3. The second-order valence-electron chi connectivity index (χ2n) is 8.79. The van der Waals surface area contributed by atoms with Gasteiger partial charge in [-0.15, -0.1) is 0 Å². The van der Waals surface area contributed by atoms with Crippen molar-refractivity contribution >= 4 is 44.6 Å². The van der Waals surface area contributed by atoms with Crippen LogP contribution in [0.4, 0.5) is 11.4 Å². The molecular weight excluding hydrogens is 503 g/mol. The number of piperazine rings is 1. The normalized spacial score (nSPS) is 15.7. The highest BCUT2D eigenvalue weighted by Gasteiger charge is 2.28. The van der Waals surface area contributed by atoms with Crippen molar-refractivity contribution in [2.45, 2.75) is 10.9 Å². The Labute approximate surface area is 218 Å². The van der Waals surface area contributed by atoms with Crippen LogP contribution in [-0.2, 0) is 10.0 Å². The predicted molar refractivity (Wildman–Crippen MR) is 145 cm³/mol. The molecule has 4 rings (SSSR count). The summed E-state index contributed by atoms with van der Waals surface area (Å²) in [6, 6.07) is 23.0. The van der Waals surface area contributed by atoms with Crippen LogP contribution in [-0.4, -0.2) is 60.1 Å². The molecule has 1 saturated heterocycles. The van der Waals surface area contributed by atoms with Crippen molar-refractivity contribution in [3.63, 3.8) is 0 Å². The maximum Gasteiger partial charge on any atom is 0.242 e. The number of anilines is 2. The highest BCUT2D eigenvalue weighted by atomic mass is 35.5. The molecule has 0 aromatic heterocycles. The molecule has 1 aliphatic rings. The first kappa shape index (κ1) is 25.8. The summed E-state index contributed by atoms with van der Waals surface area (Å²) < 4.78 is 29.0. The average molecular weight is 534 g/mol. The van der Waals surface area contributed by atoms with Crippen LogP contribution in [0.25, 0.3) is 0 Å². The molecule has 1 unspecified atom stereocenters. The van der Waals surface area contributed by atoms with Gasteiger partial charge in [0.25, 0.3) is 0 Å². The third-order valence-electron chi connectivity index (χ3n) is 6.32. The van der Waals surface area contributed by atoms with Crippen LogP contribution in [0, 0.1) is 0 Å². The highest BCUT2D eigenvalue weighted by Crippen LogP contribution is 2.28. The number of nitrogens with one attached hydrogen (secondary N) is 1. The summed E-state index contributed by atoms with van der Waals surface area (Å²) in [5.74, 6) is 0. The second kappa shape index (κ2) is 11.2. The first-order valence-corrected chi connectivity index (χ1v) is 13.7. The van der Waals surface area contributed by atoms with Crippen LogP contribution in [0.3, 0.4) is 0 Å². The van der Waals surface area contributed by atoms with Crippen molar-refractivity contribution in [3.8, 4) is 0 Å². The van der Waals surface area contributed by atoms with E-state index in [4.69, 9.17) is 23.2 Å². The molecule has 0 radical (unpaired) electrons. The summed E-state index contributed by atoms with van der Waals surface area (Å²) in [6.45, 7) is 3.58. The molecule has 35 heavy (non-hydrogen) atoms. The van der Waals surface area contributed by atoms with Crippen LogP contribution in [0.5, 0.6) is 0 Å². The van der Waals surface area contributed by atoms with Crippen LogP contribution in [0.15, 0.2) is 77.7 Å². The topological polar surface area (TPSA) is 55.9 Å². The van der Waals surface area contributed by atoms with E-state index in [-0.39, 0.29) is 22.5 Å². The van der Waals surface area contributed by atoms with Crippen LogP contribution in [0.2, 0.25) is 10.0 Å². The molecular formula is C26H30Cl2N4O2S. The van der Waals surface area contributed by atoms with Gasteiger partial charge in [0.1, 0.15) is 4.90 Å². The van der Waals surface area contributed by atoms with E-state index in [0.29, 0.717) is 5.02 Å². The van der Waals surface area contributed by atoms with E-state index in [9.17, 15) is 8.42 Å². The molecule has 1 N–H and O–H groups in total. The van der Waals surface area contributed by atoms with Crippen LogP contribution < -0.4 is 14.5 Å². The van der Waals surface area contributed by atoms with Gasteiger partial charge in [0.05, 0.1) is 5.02 Å². The van der Waals surface area contributed by atoms with Crippen molar-refractivity contribution in [2.75, 3.05) is 56.6 Å². The lowest BCUT2D eigenvalue weighted by molar-refractivity contribution is 0.187. The third-order valence-corrected chi connectivity index (χ3v) is 8.46. The largest absolute Gasteiger partial charge is 0.378 e. The molecule has 1 atom stereocenters. The Kier molecular flexibility index (Phi) is 8.24. The molecule has 0 amide bonds. The molecule has 3 aromatic carbocycles. The number of sulfonamides is 1. The van der Waals surface area contributed by atoms with E-state index in [0.717, 1.165) is 37.4 Å². The van der Waals surface area contributed by atoms with Gasteiger partial charge >= 0.3 is 0 Å². The fourth-order valence-electron chi connectivity index (χ4n) is 4.33. The summed E-state index contributed by atoms with van der Waals surface area (Å²) in [7, 11) is 0.154. The quantitative estimate of drug-likeness (QED) is 0.447. The Hall–Kier alpha value is -2.29. The molecule has 1 heterocycles. The smallest absolute Gasteiger partial charge is 0.242 e. The number of hydrogen-bond acceptors (Lipinski definition) is 5. The fourth-order valence-corrected chi connectivity index (χ4v) is 6.13. The van der Waals surface area contributed by atoms with Gasteiger partial charge in [-0.1, -0.05) is 53.5 Å².